The second kappa shape index (κ2) is 11.9. The molecule has 4 N–H and O–H groups in total. The first-order chi connectivity index (χ1) is 30.2. The van der Waals surface area contributed by atoms with Crippen LogP contribution in [-0.2, 0) is 16.1 Å². The number of Topliss-reactive ketones (excluding diaryl/α,β-unsaturated/α-hetero) is 1. The lowest BCUT2D eigenvalue weighted by atomic mass is 9.79. The minimum absolute atomic E-state index is 0.0300. The molecule has 2 heterocycles. The zero-order valence-electron chi connectivity index (χ0n) is 34.6. The number of benzene rings is 8. The standard InChI is InChI=1S/C54H40N6O2/c1-59(2)31-21-25-35-33-13-5-7-15-39(33)53(41(35)27-31)55-43-17-9-11-29-19-23-37(49(57-53)45(29)43)47-51(61)48(52(47)62)38-24-20-30-12-10-18-44-46(30)50(38)58-54(56-44)40-16-8-6-14-34(40)36-26-22-32(60(3)4)28-42(36)54/h5-28,55-57,61H,1-4H3/b48-38+. The highest BCUT2D eigenvalue weighted by Gasteiger charge is 2.49. The molecule has 3 aliphatic carbocycles. The van der Waals surface area contributed by atoms with Crippen LogP contribution < -0.4 is 36.3 Å². The van der Waals surface area contributed by atoms with Gasteiger partial charge in [0.1, 0.15) is 5.76 Å². The van der Waals surface area contributed by atoms with Crippen LogP contribution in [0.5, 0.6) is 0 Å². The van der Waals surface area contributed by atoms with Crippen LogP contribution in [0.4, 0.5) is 28.4 Å². The van der Waals surface area contributed by atoms with E-state index in [1.807, 2.05) is 38.4 Å². The molecule has 8 heteroatoms. The number of hydrogen-bond donors (Lipinski definition) is 4. The van der Waals surface area contributed by atoms with Crippen molar-refractivity contribution < 1.29 is 9.90 Å². The Morgan fingerprint density at radius 3 is 1.81 bits per heavy atom. The van der Waals surface area contributed by atoms with Gasteiger partial charge < -0.3 is 30.9 Å². The number of aliphatic hydroxyl groups excluding tert-OH is 1. The predicted molar refractivity (Wildman–Crippen MR) is 251 cm³/mol. The van der Waals surface area contributed by atoms with Crippen LogP contribution in [0.25, 0.3) is 54.9 Å². The number of allylic oxidation sites excluding steroid dienone is 2. The lowest BCUT2D eigenvalue weighted by molar-refractivity contribution is -0.109. The average Bonchev–Trinajstić information content (AvgIpc) is 3.70. The van der Waals surface area contributed by atoms with E-state index in [1.54, 1.807) is 0 Å². The number of carbonyl (C=O) groups is 1. The summed E-state index contributed by atoms with van der Waals surface area (Å²) < 4.78 is 0. The van der Waals surface area contributed by atoms with Crippen molar-refractivity contribution in [1.29, 1.82) is 0 Å². The van der Waals surface area contributed by atoms with E-state index in [1.165, 1.54) is 0 Å². The molecule has 62 heavy (non-hydrogen) atoms. The highest BCUT2D eigenvalue weighted by molar-refractivity contribution is 6.52. The van der Waals surface area contributed by atoms with Crippen LogP contribution in [0, 0.1) is 0 Å². The maximum absolute atomic E-state index is 15.1. The SMILES string of the molecule is CN(C)c1ccc2c(c1)C1(N=c3/c(=C4/C(=O)C(c5ccc6cccc7c6c5NC5(N7)c6ccccc6-c6ccc(N(C)C)cc65)=C4O)ccc4cccc(c34)N1)c1ccccc1-2. The minimum Gasteiger partial charge on any atom is -0.506 e. The van der Waals surface area contributed by atoms with Gasteiger partial charge >= 0.3 is 0 Å². The minimum atomic E-state index is -0.963. The molecule has 2 atom stereocenters. The first-order valence-electron chi connectivity index (χ1n) is 21.1. The number of nitrogens with zero attached hydrogens (tertiary/aromatic N) is 3. The molecule has 2 aliphatic heterocycles. The molecule has 0 fully saturated rings. The van der Waals surface area contributed by atoms with Gasteiger partial charge in [-0.15, -0.1) is 0 Å². The summed E-state index contributed by atoms with van der Waals surface area (Å²) in [6.07, 6.45) is 0. The predicted octanol–water partition coefficient (Wildman–Crippen LogP) is 9.47. The van der Waals surface area contributed by atoms with E-state index in [-0.39, 0.29) is 17.1 Å². The Kier molecular flexibility index (Phi) is 6.72. The van der Waals surface area contributed by atoms with Gasteiger partial charge in [0.15, 0.2) is 11.3 Å². The van der Waals surface area contributed by atoms with Crippen LogP contribution in [-0.4, -0.2) is 39.1 Å². The summed E-state index contributed by atoms with van der Waals surface area (Å²) in [5.74, 6) is -0.248. The number of rotatable bonds is 3. The van der Waals surface area contributed by atoms with Gasteiger partial charge in [0.2, 0.25) is 5.78 Å². The van der Waals surface area contributed by atoms with Gasteiger partial charge in [0.05, 0.1) is 22.2 Å². The van der Waals surface area contributed by atoms with Crippen molar-refractivity contribution in [2.45, 2.75) is 11.3 Å². The van der Waals surface area contributed by atoms with E-state index in [9.17, 15) is 5.11 Å². The lowest BCUT2D eigenvalue weighted by Gasteiger charge is -2.42. The van der Waals surface area contributed by atoms with Crippen LogP contribution in [0.1, 0.15) is 27.8 Å². The average molecular weight is 805 g/mol. The summed E-state index contributed by atoms with van der Waals surface area (Å²) in [6.45, 7) is 0. The van der Waals surface area contributed by atoms with E-state index in [0.717, 1.165) is 94.5 Å². The first kappa shape index (κ1) is 35.0. The number of aliphatic hydroxyl groups is 1. The van der Waals surface area contributed by atoms with Crippen LogP contribution >= 0.6 is 0 Å². The Labute approximate surface area is 357 Å². The molecule has 0 aromatic heterocycles. The fourth-order valence-electron chi connectivity index (χ4n) is 10.9. The molecule has 8 nitrogen and oxygen atoms in total. The third-order valence-corrected chi connectivity index (χ3v) is 13.8. The number of anilines is 5. The van der Waals surface area contributed by atoms with Crippen molar-refractivity contribution in [3.05, 3.63) is 190 Å². The molecular formula is C54H40N6O2. The van der Waals surface area contributed by atoms with Crippen LogP contribution in [0.15, 0.2) is 156 Å². The smallest absolute Gasteiger partial charge is 0.201 e. The van der Waals surface area contributed by atoms with Gasteiger partial charge in [-0.25, -0.2) is 4.99 Å². The number of hydrogen-bond acceptors (Lipinski definition) is 8. The molecule has 0 saturated heterocycles. The molecule has 0 radical (unpaired) electrons. The molecule has 298 valence electrons. The van der Waals surface area contributed by atoms with Crippen LogP contribution in [0.2, 0.25) is 0 Å². The third-order valence-electron chi connectivity index (χ3n) is 13.8. The van der Waals surface area contributed by atoms with Crippen molar-refractivity contribution >= 4 is 66.9 Å². The van der Waals surface area contributed by atoms with E-state index >= 15 is 4.79 Å². The maximum atomic E-state index is 15.1. The Morgan fingerprint density at radius 1 is 0.516 bits per heavy atom. The van der Waals surface area contributed by atoms with Crippen molar-refractivity contribution in [3.63, 3.8) is 0 Å². The third kappa shape index (κ3) is 4.30. The monoisotopic (exact) mass is 804 g/mol. The largest absolute Gasteiger partial charge is 0.506 e. The quantitative estimate of drug-likeness (QED) is 0.142. The van der Waals surface area contributed by atoms with E-state index in [2.05, 4.69) is 161 Å². The Morgan fingerprint density at radius 2 is 1.10 bits per heavy atom. The fraction of sp³-hybridized carbons (Fsp3) is 0.111. The normalized spacial score (nSPS) is 20.2. The second-order valence-electron chi connectivity index (χ2n) is 17.5. The molecule has 2 unspecified atom stereocenters. The highest BCUT2D eigenvalue weighted by Crippen LogP contribution is 2.56. The van der Waals surface area contributed by atoms with E-state index in [4.69, 9.17) is 4.99 Å². The lowest BCUT2D eigenvalue weighted by Crippen LogP contribution is -2.45. The number of nitrogens with one attached hydrogen (secondary N) is 3. The Bertz CT molecular complexity index is 3570. The number of carbonyl (C=O) groups excluding carboxylic acids is 1. The molecule has 13 rings (SSSR count). The summed E-state index contributed by atoms with van der Waals surface area (Å²) in [6, 6.07) is 50.5. The molecule has 8 aromatic rings. The van der Waals surface area contributed by atoms with Crippen molar-refractivity contribution in [1.82, 2.24) is 0 Å². The van der Waals surface area contributed by atoms with E-state index in [0.29, 0.717) is 21.7 Å². The van der Waals surface area contributed by atoms with Gasteiger partial charge in [-0.3, -0.25) is 4.79 Å². The number of fused-ring (bicyclic) bond motifs is 10. The Hall–Kier alpha value is -7.84. The summed E-state index contributed by atoms with van der Waals surface area (Å²) >= 11 is 0. The second-order valence-corrected chi connectivity index (χ2v) is 17.5. The fourth-order valence-corrected chi connectivity index (χ4v) is 10.9. The van der Waals surface area contributed by atoms with E-state index < -0.39 is 11.3 Å². The Balaban J connectivity index is 1.05. The van der Waals surface area contributed by atoms with Crippen LogP contribution in [0.3, 0.4) is 0 Å². The molecule has 5 aliphatic rings. The molecule has 8 aromatic carbocycles. The van der Waals surface area contributed by atoms with Gasteiger partial charge in [0.25, 0.3) is 0 Å². The topological polar surface area (TPSA) is 92.2 Å². The van der Waals surface area contributed by atoms with Crippen molar-refractivity contribution in [3.8, 4) is 22.3 Å². The molecule has 0 saturated carbocycles. The van der Waals surface area contributed by atoms with Gasteiger partial charge in [-0.05, 0) is 69.4 Å². The number of ketones is 1. The van der Waals surface area contributed by atoms with Gasteiger partial charge in [-0.2, -0.15) is 0 Å². The van der Waals surface area contributed by atoms with Crippen molar-refractivity contribution in [2.75, 3.05) is 53.9 Å². The maximum Gasteiger partial charge on any atom is 0.201 e. The summed E-state index contributed by atoms with van der Waals surface area (Å²) in [4.78, 5) is 25.0. The van der Waals surface area contributed by atoms with Gasteiger partial charge in [-0.1, -0.05) is 109 Å². The highest BCUT2D eigenvalue weighted by atomic mass is 16.3. The molecule has 0 bridgehead atoms. The zero-order valence-corrected chi connectivity index (χ0v) is 34.6. The van der Waals surface area contributed by atoms with Gasteiger partial charge in [0, 0.05) is 94.7 Å². The molecule has 2 spiro atoms. The van der Waals surface area contributed by atoms with Crippen molar-refractivity contribution in [2.24, 2.45) is 4.99 Å². The molecule has 0 amide bonds. The summed E-state index contributed by atoms with van der Waals surface area (Å²) in [5.41, 5.74) is 13.0. The zero-order chi connectivity index (χ0) is 41.8. The summed E-state index contributed by atoms with van der Waals surface area (Å²) in [7, 11) is 8.20. The first-order valence-corrected chi connectivity index (χ1v) is 21.1. The molecular weight excluding hydrogens is 765 g/mol. The summed E-state index contributed by atoms with van der Waals surface area (Å²) in [5, 5.41) is 29.5.